The molecule has 21 heavy (non-hydrogen) atoms. The first-order valence-electron chi connectivity index (χ1n) is 6.51. The van der Waals surface area contributed by atoms with E-state index in [9.17, 15) is 8.78 Å². The molecule has 0 spiro atoms. The fourth-order valence-corrected chi connectivity index (χ4v) is 2.59. The lowest BCUT2D eigenvalue weighted by atomic mass is 10.2. The van der Waals surface area contributed by atoms with Crippen LogP contribution in [0, 0.1) is 11.6 Å². The van der Waals surface area contributed by atoms with Crippen molar-refractivity contribution in [1.29, 1.82) is 0 Å². The van der Waals surface area contributed by atoms with Crippen LogP contribution >= 0.6 is 0 Å². The normalized spacial score (nSPS) is 11.3. The Morgan fingerprint density at radius 1 is 0.857 bits per heavy atom. The lowest BCUT2D eigenvalue weighted by Crippen LogP contribution is -1.91. The van der Waals surface area contributed by atoms with E-state index in [-0.39, 0.29) is 11.6 Å². The summed E-state index contributed by atoms with van der Waals surface area (Å²) in [5.41, 5.74) is 2.44. The van der Waals surface area contributed by atoms with Gasteiger partial charge in [0, 0.05) is 16.6 Å². The second-order valence-electron chi connectivity index (χ2n) is 4.92. The van der Waals surface area contributed by atoms with E-state index in [2.05, 4.69) is 15.5 Å². The molecule has 1 aliphatic carbocycles. The molecule has 4 rings (SSSR count). The molecule has 1 heterocycles. The van der Waals surface area contributed by atoms with Gasteiger partial charge in [0.05, 0.1) is 5.69 Å². The summed E-state index contributed by atoms with van der Waals surface area (Å²) in [7, 11) is 0. The minimum absolute atomic E-state index is 0.265. The number of anilines is 2. The number of rotatable bonds is 2. The molecule has 3 nitrogen and oxygen atoms in total. The second kappa shape index (κ2) is 4.34. The van der Waals surface area contributed by atoms with Gasteiger partial charge in [-0.1, -0.05) is 6.07 Å². The molecule has 0 saturated carbocycles. The van der Waals surface area contributed by atoms with Crippen molar-refractivity contribution in [2.75, 3.05) is 5.32 Å². The molecule has 0 bridgehead atoms. The molecule has 2 aromatic carbocycles. The average molecular weight is 283 g/mol. The van der Waals surface area contributed by atoms with E-state index in [1.165, 1.54) is 24.3 Å². The predicted molar refractivity (Wildman–Crippen MR) is 78.9 cm³/mol. The number of hydrogen-bond donors (Lipinski definition) is 3. The van der Waals surface area contributed by atoms with Gasteiger partial charge in [0.1, 0.15) is 17.5 Å². The topological polar surface area (TPSA) is 43.6 Å². The molecule has 2 aromatic rings. The Balaban J connectivity index is 1.79. The molecule has 0 unspecified atom stereocenters. The SMILES string of the molecule is Fc1cccc(Nc2[nH][nH]c3c4ccc(F)cc4cc2-3)c1. The summed E-state index contributed by atoms with van der Waals surface area (Å²) >= 11 is 0. The Bertz CT molecular complexity index is 907. The van der Waals surface area contributed by atoms with Crippen LogP contribution in [0.25, 0.3) is 22.0 Å². The van der Waals surface area contributed by atoms with Crippen molar-refractivity contribution in [3.8, 4) is 11.3 Å². The Labute approximate surface area is 118 Å². The van der Waals surface area contributed by atoms with Crippen LogP contribution in [0.15, 0.2) is 48.5 Å². The minimum atomic E-state index is -0.304. The van der Waals surface area contributed by atoms with Gasteiger partial charge >= 0.3 is 0 Å². The van der Waals surface area contributed by atoms with E-state index in [1.54, 1.807) is 18.2 Å². The van der Waals surface area contributed by atoms with Crippen LogP contribution in [-0.2, 0) is 0 Å². The number of benzene rings is 2. The van der Waals surface area contributed by atoms with Crippen LogP contribution in [0.5, 0.6) is 0 Å². The highest BCUT2D eigenvalue weighted by Crippen LogP contribution is 2.38. The predicted octanol–water partition coefficient (Wildman–Crippen LogP) is 4.62. The molecular formula is C16H11F2N3. The first-order chi connectivity index (χ1) is 10.2. The van der Waals surface area contributed by atoms with Gasteiger partial charge in [-0.2, -0.15) is 0 Å². The molecule has 0 fully saturated rings. The summed E-state index contributed by atoms with van der Waals surface area (Å²) in [4.78, 5) is 0. The Hall–Kier alpha value is -2.82. The quantitative estimate of drug-likeness (QED) is 0.493. The number of hydrogen-bond acceptors (Lipinski definition) is 1. The molecule has 3 N–H and O–H groups in total. The Morgan fingerprint density at radius 2 is 1.71 bits per heavy atom. The average Bonchev–Trinajstić information content (AvgIpc) is 2.98. The molecule has 1 aliphatic heterocycles. The van der Waals surface area contributed by atoms with Crippen molar-refractivity contribution in [3.05, 3.63) is 60.2 Å². The van der Waals surface area contributed by atoms with Crippen molar-refractivity contribution in [2.24, 2.45) is 0 Å². The van der Waals surface area contributed by atoms with E-state index < -0.39 is 0 Å². The Kier molecular flexibility index (Phi) is 2.47. The largest absolute Gasteiger partial charge is 0.340 e. The maximum Gasteiger partial charge on any atom is 0.132 e. The molecule has 0 radical (unpaired) electrons. The monoisotopic (exact) mass is 283 g/mol. The highest BCUT2D eigenvalue weighted by Gasteiger charge is 2.17. The molecule has 104 valence electrons. The Morgan fingerprint density at radius 3 is 2.57 bits per heavy atom. The maximum absolute atomic E-state index is 13.3. The van der Waals surface area contributed by atoms with Crippen LogP contribution < -0.4 is 5.32 Å². The summed E-state index contributed by atoms with van der Waals surface area (Å²) < 4.78 is 26.5. The molecular weight excluding hydrogens is 272 g/mol. The second-order valence-corrected chi connectivity index (χ2v) is 4.92. The first kappa shape index (κ1) is 12.0. The van der Waals surface area contributed by atoms with Gasteiger partial charge in [0.2, 0.25) is 0 Å². The third-order valence-corrected chi connectivity index (χ3v) is 3.53. The van der Waals surface area contributed by atoms with E-state index in [4.69, 9.17) is 0 Å². The lowest BCUT2D eigenvalue weighted by Gasteiger charge is -2.04. The van der Waals surface area contributed by atoms with Crippen LogP contribution in [-0.4, -0.2) is 10.2 Å². The third-order valence-electron chi connectivity index (χ3n) is 3.53. The van der Waals surface area contributed by atoms with Gasteiger partial charge in [0.15, 0.2) is 0 Å². The van der Waals surface area contributed by atoms with Crippen LogP contribution in [0.4, 0.5) is 20.3 Å². The summed E-state index contributed by atoms with van der Waals surface area (Å²) in [5, 5.41) is 11.0. The summed E-state index contributed by atoms with van der Waals surface area (Å²) in [6.07, 6.45) is 0. The lowest BCUT2D eigenvalue weighted by molar-refractivity contribution is 0.628. The van der Waals surface area contributed by atoms with Crippen LogP contribution in [0.2, 0.25) is 0 Å². The van der Waals surface area contributed by atoms with E-state index in [1.807, 2.05) is 6.07 Å². The zero-order valence-corrected chi connectivity index (χ0v) is 10.9. The van der Waals surface area contributed by atoms with E-state index >= 15 is 0 Å². The van der Waals surface area contributed by atoms with Gasteiger partial charge in [-0.05, 0) is 47.9 Å². The van der Waals surface area contributed by atoms with Crippen molar-refractivity contribution >= 4 is 22.3 Å². The fraction of sp³-hybridized carbons (Fsp3) is 0. The van der Waals surface area contributed by atoms with E-state index in [0.29, 0.717) is 11.5 Å². The molecule has 0 amide bonds. The van der Waals surface area contributed by atoms with Gasteiger partial charge in [-0.3, -0.25) is 10.2 Å². The van der Waals surface area contributed by atoms with Crippen molar-refractivity contribution in [1.82, 2.24) is 10.2 Å². The van der Waals surface area contributed by atoms with Crippen LogP contribution in [0.1, 0.15) is 0 Å². The molecule has 5 heteroatoms. The zero-order chi connectivity index (χ0) is 14.4. The standard InChI is InChI=1S/C16H11F2N3/c17-10-2-1-3-12(8-10)19-16-14-7-9-6-11(18)4-5-13(9)15(14)20-21-16/h1-8,19-21H. The molecule has 2 aliphatic rings. The maximum atomic E-state index is 13.3. The highest BCUT2D eigenvalue weighted by atomic mass is 19.1. The van der Waals surface area contributed by atoms with Gasteiger partial charge in [-0.15, -0.1) is 0 Å². The summed E-state index contributed by atoms with van der Waals surface area (Å²) in [6.45, 7) is 0. The number of H-pyrrole nitrogens is 2. The summed E-state index contributed by atoms with van der Waals surface area (Å²) in [5.74, 6) is 0.146. The van der Waals surface area contributed by atoms with Crippen molar-refractivity contribution in [2.45, 2.75) is 0 Å². The van der Waals surface area contributed by atoms with Crippen LogP contribution in [0.3, 0.4) is 0 Å². The van der Waals surface area contributed by atoms with Crippen molar-refractivity contribution < 1.29 is 8.78 Å². The van der Waals surface area contributed by atoms with Gasteiger partial charge in [0.25, 0.3) is 0 Å². The number of fused-ring (bicyclic) bond motifs is 3. The number of halogens is 2. The van der Waals surface area contributed by atoms with Gasteiger partial charge in [-0.25, -0.2) is 8.78 Å². The van der Waals surface area contributed by atoms with Crippen molar-refractivity contribution in [3.63, 3.8) is 0 Å². The third kappa shape index (κ3) is 1.94. The molecule has 0 aromatic heterocycles. The number of aromatic nitrogens is 2. The smallest absolute Gasteiger partial charge is 0.132 e. The highest BCUT2D eigenvalue weighted by molar-refractivity contribution is 6.04. The molecule has 0 saturated heterocycles. The number of nitrogens with one attached hydrogen (secondary N) is 3. The van der Waals surface area contributed by atoms with Gasteiger partial charge < -0.3 is 5.32 Å². The zero-order valence-electron chi connectivity index (χ0n) is 10.9. The molecule has 0 atom stereocenters. The number of aromatic amines is 2. The minimum Gasteiger partial charge on any atom is -0.340 e. The van der Waals surface area contributed by atoms with E-state index in [0.717, 1.165) is 22.0 Å². The summed E-state index contributed by atoms with van der Waals surface area (Å²) in [6, 6.07) is 12.8. The fourth-order valence-electron chi connectivity index (χ4n) is 2.59. The first-order valence-corrected chi connectivity index (χ1v) is 6.51.